The molecule has 150 valence electrons. The molecule has 0 bridgehead atoms. The summed E-state index contributed by atoms with van der Waals surface area (Å²) in [6.07, 6.45) is 2.91. The molecular weight excluding hydrogens is 388 g/mol. The fourth-order valence-corrected chi connectivity index (χ4v) is 3.44. The number of aromatic nitrogens is 1. The van der Waals surface area contributed by atoms with Gasteiger partial charge >= 0.3 is 0 Å². The number of benzene rings is 2. The van der Waals surface area contributed by atoms with Gasteiger partial charge in [0.15, 0.2) is 0 Å². The van der Waals surface area contributed by atoms with Crippen molar-refractivity contribution in [3.63, 3.8) is 0 Å². The maximum Gasteiger partial charge on any atom is 0.266 e. The SMILES string of the molecule is C[C@@H](N=CC1C(=O)N(c2ccccn2)C(=O)c2ccccc21)c1ccc(F)cc1F. The van der Waals surface area contributed by atoms with Gasteiger partial charge in [-0.1, -0.05) is 30.3 Å². The maximum atomic E-state index is 14.1. The van der Waals surface area contributed by atoms with Crippen LogP contribution >= 0.6 is 0 Å². The van der Waals surface area contributed by atoms with Gasteiger partial charge in [0.05, 0.1) is 12.0 Å². The van der Waals surface area contributed by atoms with Gasteiger partial charge in [0.25, 0.3) is 5.91 Å². The smallest absolute Gasteiger partial charge is 0.266 e. The first-order chi connectivity index (χ1) is 14.5. The Morgan fingerprint density at radius 3 is 2.57 bits per heavy atom. The Bertz CT molecular complexity index is 1150. The van der Waals surface area contributed by atoms with Gasteiger partial charge in [-0.3, -0.25) is 14.6 Å². The molecule has 1 unspecified atom stereocenters. The Balaban J connectivity index is 1.72. The number of carbonyl (C=O) groups excluding carboxylic acids is 2. The lowest BCUT2D eigenvalue weighted by molar-refractivity contribution is -0.118. The molecule has 0 spiro atoms. The van der Waals surface area contributed by atoms with E-state index in [-0.39, 0.29) is 11.4 Å². The van der Waals surface area contributed by atoms with Crippen LogP contribution < -0.4 is 4.90 Å². The fourth-order valence-electron chi connectivity index (χ4n) is 3.44. The second kappa shape index (κ2) is 7.94. The summed E-state index contributed by atoms with van der Waals surface area (Å²) >= 11 is 0. The monoisotopic (exact) mass is 405 g/mol. The highest BCUT2D eigenvalue weighted by molar-refractivity contribution is 6.28. The van der Waals surface area contributed by atoms with Gasteiger partial charge in [0, 0.05) is 29.6 Å². The van der Waals surface area contributed by atoms with Crippen LogP contribution in [0.25, 0.3) is 0 Å². The van der Waals surface area contributed by atoms with Crippen LogP contribution in [-0.4, -0.2) is 23.0 Å². The highest BCUT2D eigenvalue weighted by Crippen LogP contribution is 2.31. The Morgan fingerprint density at radius 2 is 1.83 bits per heavy atom. The molecule has 0 saturated heterocycles. The average molecular weight is 405 g/mol. The minimum Gasteiger partial charge on any atom is -0.288 e. The molecule has 5 nitrogen and oxygen atoms in total. The number of halogens is 2. The zero-order chi connectivity index (χ0) is 21.3. The van der Waals surface area contributed by atoms with Gasteiger partial charge in [0.1, 0.15) is 17.5 Å². The first-order valence-electron chi connectivity index (χ1n) is 9.34. The van der Waals surface area contributed by atoms with E-state index in [1.54, 1.807) is 49.4 Å². The summed E-state index contributed by atoms with van der Waals surface area (Å²) in [5, 5.41) is 0. The van der Waals surface area contributed by atoms with Crippen molar-refractivity contribution in [1.29, 1.82) is 0 Å². The van der Waals surface area contributed by atoms with Gasteiger partial charge in [-0.05, 0) is 36.8 Å². The van der Waals surface area contributed by atoms with E-state index < -0.39 is 35.4 Å². The summed E-state index contributed by atoms with van der Waals surface area (Å²) in [6, 6.07) is 14.4. The van der Waals surface area contributed by atoms with Gasteiger partial charge in [-0.25, -0.2) is 18.7 Å². The molecule has 7 heteroatoms. The van der Waals surface area contributed by atoms with Crippen molar-refractivity contribution in [1.82, 2.24) is 4.98 Å². The van der Waals surface area contributed by atoms with E-state index in [1.807, 2.05) is 0 Å². The lowest BCUT2D eigenvalue weighted by Gasteiger charge is -2.30. The van der Waals surface area contributed by atoms with Gasteiger partial charge in [-0.15, -0.1) is 0 Å². The first-order valence-corrected chi connectivity index (χ1v) is 9.34. The summed E-state index contributed by atoms with van der Waals surface area (Å²) in [7, 11) is 0. The molecule has 1 aliphatic rings. The Hall–Kier alpha value is -3.74. The summed E-state index contributed by atoms with van der Waals surface area (Å²) in [5.41, 5.74) is 1.11. The third kappa shape index (κ3) is 3.50. The van der Waals surface area contributed by atoms with Gasteiger partial charge < -0.3 is 0 Å². The zero-order valence-electron chi connectivity index (χ0n) is 16.0. The van der Waals surface area contributed by atoms with Crippen molar-refractivity contribution in [2.24, 2.45) is 4.99 Å². The maximum absolute atomic E-state index is 14.1. The third-order valence-corrected chi connectivity index (χ3v) is 4.97. The molecule has 1 aliphatic heterocycles. The molecule has 2 atom stereocenters. The van der Waals surface area contributed by atoms with Crippen molar-refractivity contribution < 1.29 is 18.4 Å². The third-order valence-electron chi connectivity index (χ3n) is 4.97. The minimum atomic E-state index is -0.841. The molecule has 30 heavy (non-hydrogen) atoms. The molecule has 0 aliphatic carbocycles. The molecule has 0 fully saturated rings. The number of anilines is 1. The number of aliphatic imine (C=N–C) groups is 1. The van der Waals surface area contributed by atoms with Crippen LogP contribution in [0, 0.1) is 11.6 Å². The Kier molecular flexibility index (Phi) is 5.18. The molecule has 0 radical (unpaired) electrons. The second-order valence-corrected chi connectivity index (χ2v) is 6.87. The van der Waals surface area contributed by atoms with E-state index in [2.05, 4.69) is 9.98 Å². The number of carbonyl (C=O) groups is 2. The Morgan fingerprint density at radius 1 is 1.07 bits per heavy atom. The minimum absolute atomic E-state index is 0.210. The lowest BCUT2D eigenvalue weighted by atomic mass is 9.89. The van der Waals surface area contributed by atoms with Crippen LogP contribution in [0.2, 0.25) is 0 Å². The number of hydrogen-bond acceptors (Lipinski definition) is 4. The van der Waals surface area contributed by atoms with Gasteiger partial charge in [-0.2, -0.15) is 0 Å². The zero-order valence-corrected chi connectivity index (χ0v) is 16.0. The molecule has 1 aromatic heterocycles. The van der Waals surface area contributed by atoms with Crippen LogP contribution in [0.4, 0.5) is 14.6 Å². The molecule has 2 aromatic carbocycles. The van der Waals surface area contributed by atoms with Crippen LogP contribution in [0.3, 0.4) is 0 Å². The number of amides is 2. The van der Waals surface area contributed by atoms with E-state index in [4.69, 9.17) is 0 Å². The molecule has 0 N–H and O–H groups in total. The largest absolute Gasteiger partial charge is 0.288 e. The van der Waals surface area contributed by atoms with Crippen molar-refractivity contribution in [3.05, 3.63) is 95.2 Å². The van der Waals surface area contributed by atoms with Crippen LogP contribution in [0.15, 0.2) is 71.9 Å². The summed E-state index contributed by atoms with van der Waals surface area (Å²) in [6.45, 7) is 1.65. The van der Waals surface area contributed by atoms with E-state index >= 15 is 0 Å². The molecule has 2 heterocycles. The highest BCUT2D eigenvalue weighted by atomic mass is 19.1. The van der Waals surface area contributed by atoms with E-state index in [0.717, 1.165) is 17.0 Å². The predicted octanol–water partition coefficient (Wildman–Crippen LogP) is 4.46. The molecule has 0 saturated carbocycles. The van der Waals surface area contributed by atoms with Crippen LogP contribution in [-0.2, 0) is 4.79 Å². The topological polar surface area (TPSA) is 62.6 Å². The number of hydrogen-bond donors (Lipinski definition) is 0. The predicted molar refractivity (Wildman–Crippen MR) is 109 cm³/mol. The summed E-state index contributed by atoms with van der Waals surface area (Å²) < 4.78 is 27.3. The molecule has 4 rings (SSSR count). The van der Waals surface area contributed by atoms with Gasteiger partial charge in [0.2, 0.25) is 5.91 Å². The second-order valence-electron chi connectivity index (χ2n) is 6.87. The first kappa shape index (κ1) is 19.6. The number of rotatable bonds is 4. The molecule has 3 aromatic rings. The quantitative estimate of drug-likeness (QED) is 0.476. The number of fused-ring (bicyclic) bond motifs is 1. The van der Waals surface area contributed by atoms with Crippen LogP contribution in [0.5, 0.6) is 0 Å². The Labute approximate surface area is 171 Å². The molecular formula is C23H17F2N3O2. The van der Waals surface area contributed by atoms with Crippen molar-refractivity contribution >= 4 is 23.8 Å². The van der Waals surface area contributed by atoms with Crippen molar-refractivity contribution in [3.8, 4) is 0 Å². The fraction of sp³-hybridized carbons (Fsp3) is 0.130. The van der Waals surface area contributed by atoms with Crippen molar-refractivity contribution in [2.45, 2.75) is 18.9 Å². The van der Waals surface area contributed by atoms with E-state index in [0.29, 0.717) is 11.1 Å². The summed E-state index contributed by atoms with van der Waals surface area (Å²) in [5.74, 6) is -2.96. The highest BCUT2D eigenvalue weighted by Gasteiger charge is 2.39. The van der Waals surface area contributed by atoms with Crippen molar-refractivity contribution in [2.75, 3.05) is 4.90 Å². The number of nitrogens with zero attached hydrogens (tertiary/aromatic N) is 3. The van der Waals surface area contributed by atoms with Crippen LogP contribution in [0.1, 0.15) is 40.4 Å². The van der Waals surface area contributed by atoms with E-state index in [1.165, 1.54) is 18.5 Å². The molecule has 2 amide bonds. The standard InChI is InChI=1S/C23H17F2N3O2/c1-14(16-10-9-15(24)12-20(16)25)27-13-19-17-6-2-3-7-18(17)22(29)28(23(19)30)21-8-4-5-11-26-21/h2-14,19H,1H3/t14-,19?/m1/s1. The van der Waals surface area contributed by atoms with E-state index in [9.17, 15) is 18.4 Å². The number of pyridine rings is 1. The summed E-state index contributed by atoms with van der Waals surface area (Å²) in [4.78, 5) is 35.7. The number of imide groups is 1. The average Bonchev–Trinajstić information content (AvgIpc) is 2.74. The lowest BCUT2D eigenvalue weighted by Crippen LogP contribution is -2.46. The normalized spacial score (nSPS) is 17.3.